The highest BCUT2D eigenvalue weighted by molar-refractivity contribution is 6.18. The van der Waals surface area contributed by atoms with E-state index >= 15 is 0 Å². The summed E-state index contributed by atoms with van der Waals surface area (Å²) in [6.07, 6.45) is 8.30. The second-order valence-electron chi connectivity index (χ2n) is 9.46. The van der Waals surface area contributed by atoms with Crippen molar-refractivity contribution in [2.75, 3.05) is 46.4 Å². The predicted octanol–water partition coefficient (Wildman–Crippen LogP) is 3.77. The van der Waals surface area contributed by atoms with E-state index in [0.29, 0.717) is 32.0 Å². The van der Waals surface area contributed by atoms with Crippen LogP contribution in [0, 0.1) is 0 Å². The number of methoxy groups -OCH3 is 1. The minimum Gasteiger partial charge on any atom is -0.497 e. The number of nitrogens with one attached hydrogen (secondary N) is 1. The van der Waals surface area contributed by atoms with Gasteiger partial charge in [-0.1, -0.05) is 36.4 Å². The Balaban J connectivity index is 1.21. The molecule has 1 N–H and O–H groups in total. The van der Waals surface area contributed by atoms with E-state index in [-0.39, 0.29) is 11.9 Å². The van der Waals surface area contributed by atoms with Gasteiger partial charge in [0.1, 0.15) is 17.3 Å². The second kappa shape index (κ2) is 12.5. The first-order valence-electron chi connectivity index (χ1n) is 13.5. The summed E-state index contributed by atoms with van der Waals surface area (Å²) in [6.45, 7) is 6.30. The molecule has 3 heterocycles. The van der Waals surface area contributed by atoms with Crippen LogP contribution in [0.1, 0.15) is 24.5 Å². The maximum absolute atomic E-state index is 13.0. The number of carbonyl (C=O) groups is 1. The van der Waals surface area contributed by atoms with Crippen LogP contribution in [0.4, 0.5) is 0 Å². The van der Waals surface area contributed by atoms with Crippen molar-refractivity contribution < 1.29 is 14.3 Å². The summed E-state index contributed by atoms with van der Waals surface area (Å²) in [5.74, 6) is 3.48. The van der Waals surface area contributed by atoms with Crippen molar-refractivity contribution in [1.29, 1.82) is 0 Å². The van der Waals surface area contributed by atoms with Crippen LogP contribution in [-0.2, 0) is 9.53 Å². The zero-order chi connectivity index (χ0) is 27.0. The van der Waals surface area contributed by atoms with Crippen molar-refractivity contribution in [3.05, 3.63) is 102 Å². The van der Waals surface area contributed by atoms with Crippen LogP contribution in [0.2, 0.25) is 0 Å². The maximum Gasteiger partial charge on any atom is 0.246 e. The average Bonchev–Trinajstić information content (AvgIpc) is 3.42. The number of allylic oxidation sites excluding steroid dienone is 1. The van der Waals surface area contributed by atoms with Gasteiger partial charge in [0.15, 0.2) is 5.84 Å². The highest BCUT2D eigenvalue weighted by atomic mass is 16.5. The zero-order valence-electron chi connectivity index (χ0n) is 22.5. The Morgan fingerprint density at radius 3 is 2.54 bits per heavy atom. The lowest BCUT2D eigenvalue weighted by atomic mass is 10.0. The summed E-state index contributed by atoms with van der Waals surface area (Å²) >= 11 is 0. The molecule has 3 aliphatic heterocycles. The van der Waals surface area contributed by atoms with E-state index in [4.69, 9.17) is 19.5 Å². The van der Waals surface area contributed by atoms with E-state index in [2.05, 4.69) is 22.3 Å². The number of amides is 1. The van der Waals surface area contributed by atoms with E-state index in [1.54, 1.807) is 13.2 Å². The van der Waals surface area contributed by atoms with Gasteiger partial charge in [0.25, 0.3) is 0 Å². The Morgan fingerprint density at radius 1 is 1.05 bits per heavy atom. The SMILES string of the molecule is CCOC1=CCNC(N2CCN(C(=O)/C=C\CC3N=C(c4ccc(OC)cc4)N=C3c3ccccc3)CC2)=C1. The molecule has 0 aliphatic carbocycles. The molecular formula is C31H35N5O3. The molecule has 0 bridgehead atoms. The first kappa shape index (κ1) is 26.3. The summed E-state index contributed by atoms with van der Waals surface area (Å²) in [4.78, 5) is 27.0. The van der Waals surface area contributed by atoms with Crippen LogP contribution in [0.15, 0.2) is 100 Å². The van der Waals surface area contributed by atoms with Crippen molar-refractivity contribution in [2.24, 2.45) is 9.98 Å². The Labute approximate surface area is 230 Å². The number of rotatable bonds is 9. The first-order valence-corrected chi connectivity index (χ1v) is 13.5. The van der Waals surface area contributed by atoms with Crippen molar-refractivity contribution in [3.8, 4) is 5.75 Å². The van der Waals surface area contributed by atoms with E-state index in [1.165, 1.54) is 0 Å². The van der Waals surface area contributed by atoms with Crippen molar-refractivity contribution >= 4 is 17.5 Å². The highest BCUT2D eigenvalue weighted by Gasteiger charge is 2.25. The number of hydrogen-bond donors (Lipinski definition) is 1. The van der Waals surface area contributed by atoms with Crippen molar-refractivity contribution in [2.45, 2.75) is 19.4 Å². The van der Waals surface area contributed by atoms with Gasteiger partial charge in [-0.3, -0.25) is 9.79 Å². The number of piperazine rings is 1. The standard InChI is InChI=1S/C31H35N5O3/c1-3-39-26-16-17-32-28(22-26)35-18-20-36(21-19-35)29(37)11-7-10-27-30(23-8-5-4-6-9-23)34-31(33-27)24-12-14-25(38-2)15-13-24/h4-9,11-16,22,27,32H,3,10,17-21H2,1-2H3/b11-7-. The summed E-state index contributed by atoms with van der Waals surface area (Å²) in [6, 6.07) is 17.7. The van der Waals surface area contributed by atoms with Crippen LogP contribution in [0.25, 0.3) is 0 Å². The molecule has 1 saturated heterocycles. The molecule has 3 aliphatic rings. The number of benzene rings is 2. The van der Waals surface area contributed by atoms with Crippen molar-refractivity contribution in [1.82, 2.24) is 15.1 Å². The topological polar surface area (TPSA) is 78.8 Å². The van der Waals surface area contributed by atoms with Gasteiger partial charge >= 0.3 is 0 Å². The fraction of sp³-hybridized carbons (Fsp3) is 0.323. The number of hydrogen-bond acceptors (Lipinski definition) is 7. The number of amidine groups is 1. The van der Waals surface area contributed by atoms with Crippen LogP contribution in [0.3, 0.4) is 0 Å². The quantitative estimate of drug-likeness (QED) is 0.505. The fourth-order valence-corrected chi connectivity index (χ4v) is 4.88. The summed E-state index contributed by atoms with van der Waals surface area (Å²) in [7, 11) is 1.65. The molecule has 0 saturated carbocycles. The Morgan fingerprint density at radius 2 is 1.82 bits per heavy atom. The van der Waals surface area contributed by atoms with E-state index in [0.717, 1.165) is 53.8 Å². The third-order valence-corrected chi connectivity index (χ3v) is 6.97. The third-order valence-electron chi connectivity index (χ3n) is 6.97. The molecule has 0 spiro atoms. The molecule has 1 amide bonds. The number of carbonyl (C=O) groups excluding carboxylic acids is 1. The molecule has 8 nitrogen and oxygen atoms in total. The predicted molar refractivity (Wildman–Crippen MR) is 154 cm³/mol. The number of dihydropyridines is 1. The minimum absolute atomic E-state index is 0.0330. The molecule has 5 rings (SSSR count). The highest BCUT2D eigenvalue weighted by Crippen LogP contribution is 2.22. The minimum atomic E-state index is -0.151. The molecule has 8 heteroatoms. The normalized spacial score (nSPS) is 19.2. The van der Waals surface area contributed by atoms with Crippen LogP contribution in [0.5, 0.6) is 5.75 Å². The summed E-state index contributed by atoms with van der Waals surface area (Å²) in [5, 5.41) is 3.41. The molecule has 202 valence electrons. The lowest BCUT2D eigenvalue weighted by Crippen LogP contribution is -2.50. The largest absolute Gasteiger partial charge is 0.497 e. The molecule has 1 atom stereocenters. The van der Waals surface area contributed by atoms with Crippen LogP contribution < -0.4 is 10.1 Å². The Kier molecular flexibility index (Phi) is 8.41. The molecule has 0 radical (unpaired) electrons. The van der Waals surface area contributed by atoms with Gasteiger partial charge in [-0.2, -0.15) is 0 Å². The lowest BCUT2D eigenvalue weighted by molar-refractivity contribution is -0.127. The summed E-state index contributed by atoms with van der Waals surface area (Å²) in [5.41, 5.74) is 2.90. The maximum atomic E-state index is 13.0. The van der Waals surface area contributed by atoms with Crippen molar-refractivity contribution in [3.63, 3.8) is 0 Å². The Hall–Kier alpha value is -4.33. The molecular weight excluding hydrogens is 490 g/mol. The summed E-state index contributed by atoms with van der Waals surface area (Å²) < 4.78 is 10.9. The first-order chi connectivity index (χ1) is 19.1. The fourth-order valence-electron chi connectivity index (χ4n) is 4.88. The monoisotopic (exact) mass is 525 g/mol. The van der Waals surface area contributed by atoms with E-state index in [9.17, 15) is 4.79 Å². The van der Waals surface area contributed by atoms with Gasteiger partial charge < -0.3 is 24.6 Å². The average molecular weight is 526 g/mol. The molecule has 0 aromatic heterocycles. The molecule has 39 heavy (non-hydrogen) atoms. The molecule has 2 aromatic carbocycles. The number of aliphatic imine (C=N–C) groups is 2. The molecule has 2 aromatic rings. The lowest BCUT2D eigenvalue weighted by Gasteiger charge is -2.37. The van der Waals surface area contributed by atoms with E-state index < -0.39 is 0 Å². The van der Waals surface area contributed by atoms with Crippen LogP contribution in [-0.4, -0.2) is 79.7 Å². The van der Waals surface area contributed by atoms with Crippen LogP contribution >= 0.6 is 0 Å². The van der Waals surface area contributed by atoms with E-state index in [1.807, 2.05) is 72.5 Å². The zero-order valence-corrected chi connectivity index (χ0v) is 22.5. The van der Waals surface area contributed by atoms with Gasteiger partial charge in [0.05, 0.1) is 25.5 Å². The van der Waals surface area contributed by atoms with Gasteiger partial charge in [-0.05, 0) is 55.3 Å². The second-order valence-corrected chi connectivity index (χ2v) is 9.46. The number of nitrogens with zero attached hydrogens (tertiary/aromatic N) is 4. The van der Waals surface area contributed by atoms with Gasteiger partial charge in [-0.25, -0.2) is 4.99 Å². The molecule has 1 fully saturated rings. The molecule has 1 unspecified atom stereocenters. The Bertz CT molecular complexity index is 1300. The smallest absolute Gasteiger partial charge is 0.246 e. The third kappa shape index (κ3) is 6.39. The van der Waals surface area contributed by atoms with Gasteiger partial charge in [-0.15, -0.1) is 0 Å². The van der Waals surface area contributed by atoms with Gasteiger partial charge in [0.2, 0.25) is 5.91 Å². The number of ether oxygens (including phenoxy) is 2. The van der Waals surface area contributed by atoms with Gasteiger partial charge in [0, 0.05) is 44.4 Å².